The lowest BCUT2D eigenvalue weighted by molar-refractivity contribution is -0.138. The molecule has 1 aromatic carbocycles. The molecule has 4 heterocycles. The molecule has 0 radical (unpaired) electrons. The van der Waals surface area contributed by atoms with Crippen LogP contribution >= 0.6 is 0 Å². The van der Waals surface area contributed by atoms with Gasteiger partial charge >= 0.3 is 6.09 Å². The first-order valence-corrected chi connectivity index (χ1v) is 15.8. The van der Waals surface area contributed by atoms with Crippen molar-refractivity contribution in [2.75, 3.05) is 50.9 Å². The summed E-state index contributed by atoms with van der Waals surface area (Å²) in [5, 5.41) is 2.87. The number of carbonyl (C=O) groups is 2. The fourth-order valence-corrected chi connectivity index (χ4v) is 6.35. The number of nitrogens with zero attached hydrogens (tertiary/aromatic N) is 6. The monoisotopic (exact) mass is 627 g/mol. The molecule has 0 unspecified atom stereocenters. The Bertz CT molecular complexity index is 1480. The minimum Gasteiger partial charge on any atom is -0.474 e. The normalized spacial score (nSPS) is 21.2. The lowest BCUT2D eigenvalue weighted by Gasteiger charge is -2.36. The van der Waals surface area contributed by atoms with Gasteiger partial charge in [-0.15, -0.1) is 0 Å². The molecule has 2 aromatic heterocycles. The van der Waals surface area contributed by atoms with Crippen molar-refractivity contribution in [3.63, 3.8) is 0 Å². The standard InChI is InChI=1S/C31H39F2N7O5/c1-2-44-31(42)34-21-11-13-38(14-12-21)29(41)20-7-9-22(10-8-20)45-26-19-25(36-30(37-26)39-15-17-43-18-16-39)40-24-6-4-3-5-23(24)35-28(40)27(32)33/h3-6,19-22,27H,2,7-18H2,1H3,(H,34,42). The number of anilines is 1. The first kappa shape index (κ1) is 30.9. The lowest BCUT2D eigenvalue weighted by atomic mass is 9.86. The van der Waals surface area contributed by atoms with Gasteiger partial charge < -0.3 is 29.3 Å². The molecule has 45 heavy (non-hydrogen) atoms. The number of hydrogen-bond acceptors (Lipinski definition) is 9. The number of alkyl halides is 2. The Hall–Kier alpha value is -4.07. The summed E-state index contributed by atoms with van der Waals surface area (Å²) in [5.74, 6) is 0.603. The summed E-state index contributed by atoms with van der Waals surface area (Å²) < 4.78 is 46.6. The third-order valence-electron chi connectivity index (χ3n) is 8.70. The third-order valence-corrected chi connectivity index (χ3v) is 8.70. The number of imidazole rings is 1. The molecule has 14 heteroatoms. The van der Waals surface area contributed by atoms with E-state index in [1.165, 1.54) is 4.57 Å². The Morgan fingerprint density at radius 1 is 1.00 bits per heavy atom. The van der Waals surface area contributed by atoms with Crippen LogP contribution in [0.4, 0.5) is 19.5 Å². The molecule has 2 aliphatic heterocycles. The molecule has 6 rings (SSSR count). The zero-order valence-electron chi connectivity index (χ0n) is 25.4. The summed E-state index contributed by atoms with van der Waals surface area (Å²) >= 11 is 0. The van der Waals surface area contributed by atoms with Crippen LogP contribution in [0.5, 0.6) is 5.88 Å². The highest BCUT2D eigenvalue weighted by molar-refractivity contribution is 5.79. The van der Waals surface area contributed by atoms with E-state index in [4.69, 9.17) is 19.2 Å². The first-order chi connectivity index (χ1) is 21.9. The zero-order chi connectivity index (χ0) is 31.3. The molecule has 0 spiro atoms. The second kappa shape index (κ2) is 13.9. The minimum atomic E-state index is -2.81. The fraction of sp³-hybridized carbons (Fsp3) is 0.581. The largest absolute Gasteiger partial charge is 0.474 e. The van der Waals surface area contributed by atoms with E-state index in [9.17, 15) is 18.4 Å². The average molecular weight is 628 g/mol. The number of hydrogen-bond donors (Lipinski definition) is 1. The maximum absolute atomic E-state index is 14.2. The molecular formula is C31H39F2N7O5. The number of amides is 2. The van der Waals surface area contributed by atoms with E-state index in [2.05, 4.69) is 15.3 Å². The molecule has 0 bridgehead atoms. The maximum Gasteiger partial charge on any atom is 0.407 e. The van der Waals surface area contributed by atoms with E-state index in [0.29, 0.717) is 107 Å². The summed E-state index contributed by atoms with van der Waals surface area (Å²) in [7, 11) is 0. The van der Waals surface area contributed by atoms with Crippen LogP contribution in [-0.2, 0) is 14.3 Å². The fourth-order valence-electron chi connectivity index (χ4n) is 6.35. The number of halogens is 2. The minimum absolute atomic E-state index is 0.00873. The second-order valence-electron chi connectivity index (χ2n) is 11.6. The summed E-state index contributed by atoms with van der Waals surface area (Å²) in [4.78, 5) is 42.5. The Morgan fingerprint density at radius 3 is 2.44 bits per heavy atom. The number of likely N-dealkylation sites (tertiary alicyclic amines) is 1. The van der Waals surface area contributed by atoms with Crippen LogP contribution in [0.1, 0.15) is 57.7 Å². The number of alkyl carbamates (subject to hydrolysis) is 1. The number of fused-ring (bicyclic) bond motifs is 1. The van der Waals surface area contributed by atoms with Gasteiger partial charge in [0, 0.05) is 44.2 Å². The predicted molar refractivity (Wildman–Crippen MR) is 161 cm³/mol. The number of aromatic nitrogens is 4. The molecule has 242 valence electrons. The first-order valence-electron chi connectivity index (χ1n) is 15.8. The molecule has 12 nitrogen and oxygen atoms in total. The maximum atomic E-state index is 14.2. The number of para-hydroxylation sites is 2. The van der Waals surface area contributed by atoms with Gasteiger partial charge in [0.05, 0.1) is 30.9 Å². The highest BCUT2D eigenvalue weighted by Gasteiger charge is 2.33. The quantitative estimate of drug-likeness (QED) is 0.390. The summed E-state index contributed by atoms with van der Waals surface area (Å²) in [6.07, 6.45) is 0.689. The van der Waals surface area contributed by atoms with Gasteiger partial charge in [-0.2, -0.15) is 9.97 Å². The molecule has 3 fully saturated rings. The van der Waals surface area contributed by atoms with Gasteiger partial charge in [0.15, 0.2) is 5.82 Å². The van der Waals surface area contributed by atoms with Gasteiger partial charge in [-0.25, -0.2) is 18.6 Å². The van der Waals surface area contributed by atoms with Crippen LogP contribution in [0.25, 0.3) is 16.9 Å². The van der Waals surface area contributed by atoms with Crippen molar-refractivity contribution in [1.82, 2.24) is 29.7 Å². The summed E-state index contributed by atoms with van der Waals surface area (Å²) in [5.41, 5.74) is 0.967. The Labute approximate surface area is 260 Å². The van der Waals surface area contributed by atoms with Crippen molar-refractivity contribution < 1.29 is 32.6 Å². The van der Waals surface area contributed by atoms with Crippen LogP contribution in [0.3, 0.4) is 0 Å². The lowest BCUT2D eigenvalue weighted by Crippen LogP contribution is -2.48. The van der Waals surface area contributed by atoms with Gasteiger partial charge in [0.2, 0.25) is 17.7 Å². The van der Waals surface area contributed by atoms with Crippen LogP contribution in [0, 0.1) is 5.92 Å². The summed E-state index contributed by atoms with van der Waals surface area (Å²) in [6.45, 7) is 5.45. The van der Waals surface area contributed by atoms with Crippen LogP contribution in [0.2, 0.25) is 0 Å². The smallest absolute Gasteiger partial charge is 0.407 e. The van der Waals surface area contributed by atoms with Crippen LogP contribution in [0.15, 0.2) is 30.3 Å². The average Bonchev–Trinajstić information content (AvgIpc) is 3.46. The Balaban J connectivity index is 1.14. The van der Waals surface area contributed by atoms with Gasteiger partial charge in [-0.3, -0.25) is 9.36 Å². The number of piperidine rings is 1. The molecule has 3 aliphatic rings. The molecule has 2 amide bonds. The van der Waals surface area contributed by atoms with Crippen molar-refractivity contribution in [1.29, 1.82) is 0 Å². The van der Waals surface area contributed by atoms with Gasteiger partial charge in [-0.05, 0) is 57.6 Å². The molecule has 1 N–H and O–H groups in total. The van der Waals surface area contributed by atoms with E-state index < -0.39 is 18.3 Å². The molecule has 0 atom stereocenters. The van der Waals surface area contributed by atoms with E-state index in [-0.39, 0.29) is 29.8 Å². The Morgan fingerprint density at radius 2 is 1.73 bits per heavy atom. The van der Waals surface area contributed by atoms with Crippen molar-refractivity contribution in [2.24, 2.45) is 5.92 Å². The molecule has 1 aliphatic carbocycles. The van der Waals surface area contributed by atoms with Gasteiger partial charge in [-0.1, -0.05) is 12.1 Å². The number of ether oxygens (including phenoxy) is 3. The summed E-state index contributed by atoms with van der Waals surface area (Å²) in [6, 6.07) is 8.57. The van der Waals surface area contributed by atoms with E-state index in [0.717, 1.165) is 0 Å². The topological polar surface area (TPSA) is 124 Å². The van der Waals surface area contributed by atoms with Gasteiger partial charge in [0.25, 0.3) is 6.43 Å². The Kier molecular flexibility index (Phi) is 9.57. The zero-order valence-corrected chi connectivity index (χ0v) is 25.4. The third kappa shape index (κ3) is 7.10. The number of benzene rings is 1. The number of nitrogens with one attached hydrogen (secondary N) is 1. The van der Waals surface area contributed by atoms with Gasteiger partial charge in [0.1, 0.15) is 11.9 Å². The van der Waals surface area contributed by atoms with Crippen molar-refractivity contribution in [2.45, 2.75) is 64.0 Å². The molecule has 2 saturated heterocycles. The predicted octanol–water partition coefficient (Wildman–Crippen LogP) is 4.26. The number of rotatable bonds is 8. The van der Waals surface area contributed by atoms with Crippen LogP contribution < -0.4 is 15.0 Å². The highest BCUT2D eigenvalue weighted by atomic mass is 19.3. The molecule has 1 saturated carbocycles. The van der Waals surface area contributed by atoms with E-state index in [1.807, 2.05) is 9.80 Å². The molecule has 3 aromatic rings. The van der Waals surface area contributed by atoms with Crippen molar-refractivity contribution in [3.05, 3.63) is 36.2 Å². The van der Waals surface area contributed by atoms with E-state index >= 15 is 0 Å². The molecular weight excluding hydrogens is 588 g/mol. The number of morpholine rings is 1. The van der Waals surface area contributed by atoms with E-state index in [1.54, 1.807) is 37.3 Å². The van der Waals surface area contributed by atoms with Crippen LogP contribution in [-0.4, -0.2) is 94.6 Å². The number of carbonyl (C=O) groups excluding carboxylic acids is 2. The van der Waals surface area contributed by atoms with Crippen molar-refractivity contribution >= 4 is 29.0 Å². The highest BCUT2D eigenvalue weighted by Crippen LogP contribution is 2.32. The SMILES string of the molecule is CCOC(=O)NC1CCN(C(=O)C2CCC(Oc3cc(-n4c(C(F)F)nc5ccccc54)nc(N4CCOCC4)n3)CC2)CC1. The van der Waals surface area contributed by atoms with Crippen molar-refractivity contribution in [3.8, 4) is 11.7 Å². The second-order valence-corrected chi connectivity index (χ2v) is 11.6.